The molecule has 3 heteroatoms. The Morgan fingerprint density at radius 2 is 1.75 bits per heavy atom. The van der Waals surface area contributed by atoms with Crippen LogP contribution < -0.4 is 4.74 Å². The highest BCUT2D eigenvalue weighted by molar-refractivity contribution is 5.83. The summed E-state index contributed by atoms with van der Waals surface area (Å²) >= 11 is 0. The minimum absolute atomic E-state index is 0.502. The number of nitrogens with zero attached hydrogens (tertiary/aromatic N) is 1. The zero-order chi connectivity index (χ0) is 13.9. The van der Waals surface area contributed by atoms with Gasteiger partial charge in [0.15, 0.2) is 0 Å². The average molecular weight is 265 g/mol. The van der Waals surface area contributed by atoms with Gasteiger partial charge >= 0.3 is 0 Å². The lowest BCUT2D eigenvalue weighted by molar-refractivity contribution is 0.214. The first kappa shape index (κ1) is 12.6. The second kappa shape index (κ2) is 5.31. The molecule has 0 bridgehead atoms. The van der Waals surface area contributed by atoms with Crippen LogP contribution in [-0.2, 0) is 0 Å². The molecule has 0 saturated heterocycles. The molecule has 3 aromatic rings. The lowest BCUT2D eigenvalue weighted by Crippen LogP contribution is -2.03. The minimum Gasteiger partial charge on any atom is -0.481 e. The zero-order valence-corrected chi connectivity index (χ0v) is 11.2. The lowest BCUT2D eigenvalue weighted by Gasteiger charge is -2.12. The van der Waals surface area contributed by atoms with Gasteiger partial charge in [-0.05, 0) is 28.5 Å². The molecule has 0 spiro atoms. The fraction of sp³-hybridized carbons (Fsp3) is 0.118. The fourth-order valence-corrected chi connectivity index (χ4v) is 2.25. The summed E-state index contributed by atoms with van der Waals surface area (Å²) in [5.74, 6) is 0.502. The Morgan fingerprint density at radius 1 is 0.950 bits per heavy atom. The highest BCUT2D eigenvalue weighted by atomic mass is 16.5. The van der Waals surface area contributed by atoms with E-state index in [0.29, 0.717) is 11.6 Å². The van der Waals surface area contributed by atoms with Gasteiger partial charge in [-0.2, -0.15) is 0 Å². The number of fused-ring (bicyclic) bond motifs is 1. The third kappa shape index (κ3) is 2.36. The topological polar surface area (TPSA) is 42.4 Å². The number of aliphatic hydroxyl groups is 1. The zero-order valence-electron chi connectivity index (χ0n) is 11.2. The first-order valence-electron chi connectivity index (χ1n) is 6.45. The van der Waals surface area contributed by atoms with Crippen molar-refractivity contribution in [3.8, 4) is 5.88 Å². The van der Waals surface area contributed by atoms with Crippen LogP contribution in [0.15, 0.2) is 60.7 Å². The highest BCUT2D eigenvalue weighted by Gasteiger charge is 2.13. The first-order valence-corrected chi connectivity index (χ1v) is 6.45. The normalized spacial score (nSPS) is 12.3. The van der Waals surface area contributed by atoms with Crippen LogP contribution in [0.1, 0.15) is 17.4 Å². The second-order valence-corrected chi connectivity index (χ2v) is 4.61. The molecule has 0 aliphatic carbocycles. The third-order valence-electron chi connectivity index (χ3n) is 3.32. The molecule has 0 saturated carbocycles. The summed E-state index contributed by atoms with van der Waals surface area (Å²) in [5.41, 5.74) is 1.41. The standard InChI is InChI=1S/C17H15NO2/c1-20-16-8-4-7-15(18-16)17(19)14-10-9-12-5-2-3-6-13(12)11-14/h2-11,17,19H,1H3. The van der Waals surface area contributed by atoms with Crippen LogP contribution in [-0.4, -0.2) is 17.2 Å². The van der Waals surface area contributed by atoms with Gasteiger partial charge in [0.2, 0.25) is 5.88 Å². The van der Waals surface area contributed by atoms with Crippen molar-refractivity contribution in [2.24, 2.45) is 0 Å². The van der Waals surface area contributed by atoms with E-state index in [1.807, 2.05) is 42.5 Å². The number of methoxy groups -OCH3 is 1. The van der Waals surface area contributed by atoms with Gasteiger partial charge in [-0.15, -0.1) is 0 Å². The third-order valence-corrected chi connectivity index (χ3v) is 3.32. The maximum Gasteiger partial charge on any atom is 0.213 e. The van der Waals surface area contributed by atoms with Gasteiger partial charge < -0.3 is 9.84 Å². The molecule has 20 heavy (non-hydrogen) atoms. The first-order chi connectivity index (χ1) is 9.78. The molecular weight excluding hydrogens is 250 g/mol. The maximum absolute atomic E-state index is 10.5. The highest BCUT2D eigenvalue weighted by Crippen LogP contribution is 2.25. The van der Waals surface area contributed by atoms with Crippen LogP contribution in [0.4, 0.5) is 0 Å². The number of aliphatic hydroxyl groups excluding tert-OH is 1. The maximum atomic E-state index is 10.5. The van der Waals surface area contributed by atoms with E-state index in [0.717, 1.165) is 16.3 Å². The SMILES string of the molecule is COc1cccc(C(O)c2ccc3ccccc3c2)n1. The van der Waals surface area contributed by atoms with Crippen LogP contribution in [0.2, 0.25) is 0 Å². The summed E-state index contributed by atoms with van der Waals surface area (Å²) in [5, 5.41) is 12.7. The van der Waals surface area contributed by atoms with Gasteiger partial charge in [-0.1, -0.05) is 42.5 Å². The van der Waals surface area contributed by atoms with Crippen molar-refractivity contribution >= 4 is 10.8 Å². The van der Waals surface area contributed by atoms with E-state index < -0.39 is 6.10 Å². The second-order valence-electron chi connectivity index (χ2n) is 4.61. The summed E-state index contributed by atoms with van der Waals surface area (Å²) in [4.78, 5) is 4.28. The monoisotopic (exact) mass is 265 g/mol. The number of hydrogen-bond acceptors (Lipinski definition) is 3. The van der Waals surface area contributed by atoms with Crippen molar-refractivity contribution in [2.75, 3.05) is 7.11 Å². The number of aromatic nitrogens is 1. The molecule has 1 N–H and O–H groups in total. The van der Waals surface area contributed by atoms with Crippen molar-refractivity contribution in [2.45, 2.75) is 6.10 Å². The van der Waals surface area contributed by atoms with E-state index in [-0.39, 0.29) is 0 Å². The Bertz CT molecular complexity index is 740. The van der Waals surface area contributed by atoms with E-state index in [1.165, 1.54) is 0 Å². The molecular formula is C17H15NO2. The van der Waals surface area contributed by atoms with Gasteiger partial charge in [0, 0.05) is 6.07 Å². The lowest BCUT2D eigenvalue weighted by atomic mass is 10.0. The Labute approximate surface area is 117 Å². The van der Waals surface area contributed by atoms with Crippen molar-refractivity contribution < 1.29 is 9.84 Å². The molecule has 0 fully saturated rings. The van der Waals surface area contributed by atoms with Crippen molar-refractivity contribution in [3.63, 3.8) is 0 Å². The summed E-state index contributed by atoms with van der Waals surface area (Å²) in [6.45, 7) is 0. The number of ether oxygens (including phenoxy) is 1. The molecule has 3 rings (SSSR count). The Kier molecular flexibility index (Phi) is 3.35. The summed E-state index contributed by atoms with van der Waals surface area (Å²) in [7, 11) is 1.56. The largest absolute Gasteiger partial charge is 0.481 e. The van der Waals surface area contributed by atoms with Crippen LogP contribution in [0.25, 0.3) is 10.8 Å². The molecule has 0 amide bonds. The molecule has 100 valence electrons. The quantitative estimate of drug-likeness (QED) is 0.790. The molecule has 1 atom stereocenters. The van der Waals surface area contributed by atoms with Gasteiger partial charge in [-0.25, -0.2) is 4.98 Å². The number of pyridine rings is 1. The molecule has 3 nitrogen and oxygen atoms in total. The number of hydrogen-bond donors (Lipinski definition) is 1. The summed E-state index contributed by atoms with van der Waals surface area (Å²) in [6.07, 6.45) is -0.755. The average Bonchev–Trinajstić information content (AvgIpc) is 2.53. The van der Waals surface area contributed by atoms with Crippen LogP contribution >= 0.6 is 0 Å². The van der Waals surface area contributed by atoms with Crippen molar-refractivity contribution in [1.29, 1.82) is 0 Å². The van der Waals surface area contributed by atoms with Crippen molar-refractivity contribution in [3.05, 3.63) is 71.9 Å². The molecule has 1 unspecified atom stereocenters. The molecule has 0 aliphatic heterocycles. The van der Waals surface area contributed by atoms with E-state index in [4.69, 9.17) is 4.74 Å². The van der Waals surface area contributed by atoms with Crippen molar-refractivity contribution in [1.82, 2.24) is 4.98 Å². The summed E-state index contributed by atoms with van der Waals surface area (Å²) in [6, 6.07) is 19.4. The predicted molar refractivity (Wildman–Crippen MR) is 78.8 cm³/mol. The van der Waals surface area contributed by atoms with E-state index in [9.17, 15) is 5.11 Å². The minimum atomic E-state index is -0.755. The van der Waals surface area contributed by atoms with Gasteiger partial charge in [-0.3, -0.25) is 0 Å². The van der Waals surface area contributed by atoms with E-state index in [1.54, 1.807) is 19.2 Å². The molecule has 0 radical (unpaired) electrons. The predicted octanol–water partition coefficient (Wildman–Crippen LogP) is 3.33. The fourth-order valence-electron chi connectivity index (χ4n) is 2.25. The van der Waals surface area contributed by atoms with Gasteiger partial charge in [0.1, 0.15) is 6.10 Å². The molecule has 2 aromatic carbocycles. The molecule has 1 aromatic heterocycles. The Morgan fingerprint density at radius 3 is 2.55 bits per heavy atom. The Balaban J connectivity index is 2.00. The molecule has 0 aliphatic rings. The Hall–Kier alpha value is -2.39. The van der Waals surface area contributed by atoms with Crippen LogP contribution in [0.5, 0.6) is 5.88 Å². The number of rotatable bonds is 3. The van der Waals surface area contributed by atoms with Gasteiger partial charge in [0.05, 0.1) is 12.8 Å². The van der Waals surface area contributed by atoms with Crippen LogP contribution in [0.3, 0.4) is 0 Å². The smallest absolute Gasteiger partial charge is 0.213 e. The van der Waals surface area contributed by atoms with Gasteiger partial charge in [0.25, 0.3) is 0 Å². The van der Waals surface area contributed by atoms with E-state index >= 15 is 0 Å². The van der Waals surface area contributed by atoms with E-state index in [2.05, 4.69) is 11.1 Å². The summed E-state index contributed by atoms with van der Waals surface area (Å²) < 4.78 is 5.09. The van der Waals surface area contributed by atoms with Crippen LogP contribution in [0, 0.1) is 0 Å². The molecule has 1 heterocycles. The number of benzene rings is 2.